The van der Waals surface area contributed by atoms with Crippen molar-refractivity contribution in [2.24, 2.45) is 0 Å². The van der Waals surface area contributed by atoms with E-state index in [0.29, 0.717) is 5.56 Å². The van der Waals surface area contributed by atoms with Crippen LogP contribution < -0.4 is 4.74 Å². The van der Waals surface area contributed by atoms with Crippen LogP contribution in [0.4, 0.5) is 0 Å². The Morgan fingerprint density at radius 2 is 1.89 bits per heavy atom. The van der Waals surface area contributed by atoms with Crippen LogP contribution in [0, 0.1) is 6.92 Å². The maximum absolute atomic E-state index is 12.3. The zero-order chi connectivity index (χ0) is 14.0. The van der Waals surface area contributed by atoms with E-state index in [-0.39, 0.29) is 11.9 Å². The molecule has 0 aliphatic carbocycles. The fourth-order valence-corrected chi connectivity index (χ4v) is 3.17. The number of benzene rings is 1. The first-order valence-electron chi connectivity index (χ1n) is 6.04. The van der Waals surface area contributed by atoms with E-state index in [2.05, 4.69) is 15.9 Å². The lowest BCUT2D eigenvalue weighted by molar-refractivity contribution is 0.104. The van der Waals surface area contributed by atoms with E-state index < -0.39 is 0 Å². The van der Waals surface area contributed by atoms with Crippen molar-refractivity contribution in [1.29, 1.82) is 0 Å². The van der Waals surface area contributed by atoms with Gasteiger partial charge in [-0.15, -0.1) is 11.3 Å². The molecule has 0 bridgehead atoms. The summed E-state index contributed by atoms with van der Waals surface area (Å²) in [6, 6.07) is 9.20. The van der Waals surface area contributed by atoms with Crippen molar-refractivity contribution < 1.29 is 9.53 Å². The summed E-state index contributed by atoms with van der Waals surface area (Å²) in [4.78, 5) is 13.0. The molecule has 100 valence electrons. The molecule has 1 aromatic heterocycles. The zero-order valence-electron chi connectivity index (χ0n) is 11.1. The van der Waals surface area contributed by atoms with Crippen molar-refractivity contribution >= 4 is 33.0 Å². The van der Waals surface area contributed by atoms with Gasteiger partial charge in [0.05, 0.1) is 14.8 Å². The summed E-state index contributed by atoms with van der Waals surface area (Å²) in [7, 11) is 0. The second-order valence-corrected chi connectivity index (χ2v) is 6.96. The van der Waals surface area contributed by atoms with Gasteiger partial charge >= 0.3 is 0 Å². The number of carbonyl (C=O) groups is 1. The molecule has 0 radical (unpaired) electrons. The van der Waals surface area contributed by atoms with Crippen LogP contribution in [0.25, 0.3) is 0 Å². The molecule has 2 rings (SSSR count). The maximum atomic E-state index is 12.3. The lowest BCUT2D eigenvalue weighted by Crippen LogP contribution is -2.06. The molecule has 4 heteroatoms. The summed E-state index contributed by atoms with van der Waals surface area (Å²) < 4.78 is 6.57. The lowest BCUT2D eigenvalue weighted by Gasteiger charge is -2.09. The quantitative estimate of drug-likeness (QED) is 0.745. The number of thiophene rings is 1. The zero-order valence-corrected chi connectivity index (χ0v) is 13.5. The summed E-state index contributed by atoms with van der Waals surface area (Å²) in [5.74, 6) is 0.838. The molecule has 0 aliphatic rings. The van der Waals surface area contributed by atoms with Gasteiger partial charge in [0.2, 0.25) is 5.78 Å². The topological polar surface area (TPSA) is 26.3 Å². The van der Waals surface area contributed by atoms with E-state index in [1.54, 1.807) is 0 Å². The number of rotatable bonds is 4. The SMILES string of the molecule is Cc1cc(C(=O)c2ccc(OC(C)C)cc2)sc1Br. The van der Waals surface area contributed by atoms with Crippen molar-refractivity contribution in [3.63, 3.8) is 0 Å². The number of ketones is 1. The van der Waals surface area contributed by atoms with Crippen LogP contribution in [0.3, 0.4) is 0 Å². The fraction of sp³-hybridized carbons (Fsp3) is 0.267. The number of hydrogen-bond acceptors (Lipinski definition) is 3. The Morgan fingerprint density at radius 1 is 1.26 bits per heavy atom. The lowest BCUT2D eigenvalue weighted by atomic mass is 10.1. The number of ether oxygens (including phenoxy) is 1. The van der Waals surface area contributed by atoms with Crippen molar-refractivity contribution in [2.75, 3.05) is 0 Å². The molecule has 0 saturated carbocycles. The summed E-state index contributed by atoms with van der Waals surface area (Å²) >= 11 is 4.91. The van der Waals surface area contributed by atoms with Crippen molar-refractivity contribution in [1.82, 2.24) is 0 Å². The Labute approximate surface area is 125 Å². The van der Waals surface area contributed by atoms with Crippen LogP contribution in [0.15, 0.2) is 34.1 Å². The summed E-state index contributed by atoms with van der Waals surface area (Å²) in [6.07, 6.45) is 0.137. The van der Waals surface area contributed by atoms with Crippen LogP contribution >= 0.6 is 27.3 Å². The third-order valence-corrected chi connectivity index (χ3v) is 4.70. The van der Waals surface area contributed by atoms with Crippen molar-refractivity contribution in [3.8, 4) is 5.75 Å². The standard InChI is InChI=1S/C15H15BrO2S/c1-9(2)18-12-6-4-11(5-7-12)14(17)13-8-10(3)15(16)19-13/h4-9H,1-3H3. The molecule has 1 heterocycles. The molecule has 2 nitrogen and oxygen atoms in total. The molecule has 0 amide bonds. The van der Waals surface area contributed by atoms with Crippen LogP contribution in [0.5, 0.6) is 5.75 Å². The Bertz CT molecular complexity index is 565. The molecule has 0 aliphatic heterocycles. The van der Waals surface area contributed by atoms with Crippen LogP contribution in [-0.4, -0.2) is 11.9 Å². The normalized spacial score (nSPS) is 10.8. The van der Waals surface area contributed by atoms with Crippen molar-refractivity contribution in [3.05, 3.63) is 50.1 Å². The largest absolute Gasteiger partial charge is 0.491 e. The van der Waals surface area contributed by atoms with Gasteiger partial charge in [0.1, 0.15) is 5.75 Å². The van der Waals surface area contributed by atoms with Crippen LogP contribution in [-0.2, 0) is 0 Å². The average Bonchev–Trinajstić information content (AvgIpc) is 2.69. The maximum Gasteiger partial charge on any atom is 0.202 e. The second-order valence-electron chi connectivity index (χ2n) is 4.59. The fourth-order valence-electron chi connectivity index (χ4n) is 1.67. The molecule has 1 aromatic carbocycles. The number of aryl methyl sites for hydroxylation is 1. The second kappa shape index (κ2) is 5.88. The van der Waals surface area contributed by atoms with Gasteiger partial charge < -0.3 is 4.74 Å². The molecular weight excluding hydrogens is 324 g/mol. The minimum atomic E-state index is 0.0508. The van der Waals surface area contributed by atoms with Gasteiger partial charge in [0.25, 0.3) is 0 Å². The van der Waals surface area contributed by atoms with E-state index in [9.17, 15) is 4.79 Å². The molecule has 19 heavy (non-hydrogen) atoms. The minimum Gasteiger partial charge on any atom is -0.491 e. The first-order valence-corrected chi connectivity index (χ1v) is 7.65. The third-order valence-electron chi connectivity index (χ3n) is 2.57. The summed E-state index contributed by atoms with van der Waals surface area (Å²) in [5.41, 5.74) is 1.78. The van der Waals surface area contributed by atoms with Gasteiger partial charge in [-0.1, -0.05) is 0 Å². The highest BCUT2D eigenvalue weighted by Gasteiger charge is 2.13. The van der Waals surface area contributed by atoms with Gasteiger partial charge in [0, 0.05) is 5.56 Å². The number of hydrogen-bond donors (Lipinski definition) is 0. The molecular formula is C15H15BrO2S. The van der Waals surface area contributed by atoms with E-state index in [0.717, 1.165) is 20.0 Å². The molecule has 0 saturated heterocycles. The van der Waals surface area contributed by atoms with Gasteiger partial charge in [-0.25, -0.2) is 0 Å². The molecule has 0 unspecified atom stereocenters. The van der Waals surface area contributed by atoms with E-state index in [4.69, 9.17) is 4.74 Å². The minimum absolute atomic E-state index is 0.0508. The highest BCUT2D eigenvalue weighted by Crippen LogP contribution is 2.29. The highest BCUT2D eigenvalue weighted by atomic mass is 79.9. The van der Waals surface area contributed by atoms with Crippen LogP contribution in [0.1, 0.15) is 34.6 Å². The Morgan fingerprint density at radius 3 is 2.37 bits per heavy atom. The van der Waals surface area contributed by atoms with Gasteiger partial charge in [-0.3, -0.25) is 4.79 Å². The molecule has 0 spiro atoms. The molecule has 0 atom stereocenters. The summed E-state index contributed by atoms with van der Waals surface area (Å²) in [5, 5.41) is 0. The molecule has 0 N–H and O–H groups in total. The number of carbonyl (C=O) groups excluding carboxylic acids is 1. The molecule has 2 aromatic rings. The Hall–Kier alpha value is -1.13. The molecule has 0 fully saturated rings. The smallest absolute Gasteiger partial charge is 0.202 e. The first kappa shape index (κ1) is 14.3. The van der Waals surface area contributed by atoms with E-state index in [1.165, 1.54) is 11.3 Å². The monoisotopic (exact) mass is 338 g/mol. The highest BCUT2D eigenvalue weighted by molar-refractivity contribution is 9.11. The predicted octanol–water partition coefficient (Wildman–Crippen LogP) is 4.84. The predicted molar refractivity (Wildman–Crippen MR) is 82.4 cm³/mol. The number of halogens is 1. The average molecular weight is 339 g/mol. The third kappa shape index (κ3) is 3.45. The van der Waals surface area contributed by atoms with Crippen LogP contribution in [0.2, 0.25) is 0 Å². The Kier molecular flexibility index (Phi) is 4.42. The van der Waals surface area contributed by atoms with Gasteiger partial charge in [0.15, 0.2) is 0 Å². The van der Waals surface area contributed by atoms with Crippen molar-refractivity contribution in [2.45, 2.75) is 26.9 Å². The van der Waals surface area contributed by atoms with Gasteiger partial charge in [-0.2, -0.15) is 0 Å². The summed E-state index contributed by atoms with van der Waals surface area (Å²) in [6.45, 7) is 5.94. The van der Waals surface area contributed by atoms with E-state index >= 15 is 0 Å². The first-order chi connectivity index (χ1) is 8.97. The Balaban J connectivity index is 2.20. The van der Waals surface area contributed by atoms with Gasteiger partial charge in [-0.05, 0) is 72.6 Å². The van der Waals surface area contributed by atoms with E-state index in [1.807, 2.05) is 51.1 Å².